The third-order valence-corrected chi connectivity index (χ3v) is 4.08. The van der Waals surface area contributed by atoms with Gasteiger partial charge in [0, 0.05) is 36.0 Å². The van der Waals surface area contributed by atoms with Gasteiger partial charge in [-0.25, -0.2) is 13.8 Å². The first-order chi connectivity index (χ1) is 12.1. The van der Waals surface area contributed by atoms with Gasteiger partial charge >= 0.3 is 0 Å². The van der Waals surface area contributed by atoms with Gasteiger partial charge in [0.25, 0.3) is 5.91 Å². The van der Waals surface area contributed by atoms with Gasteiger partial charge in [-0.1, -0.05) is 12.1 Å². The van der Waals surface area contributed by atoms with Crippen LogP contribution in [0.1, 0.15) is 15.9 Å². The van der Waals surface area contributed by atoms with Crippen molar-refractivity contribution in [3.63, 3.8) is 0 Å². The lowest BCUT2D eigenvalue weighted by atomic mass is 10.1. The Morgan fingerprint density at radius 3 is 2.52 bits per heavy atom. The van der Waals surface area contributed by atoms with Crippen molar-refractivity contribution in [1.82, 2.24) is 14.1 Å². The molecule has 0 N–H and O–H groups in total. The zero-order valence-corrected chi connectivity index (χ0v) is 13.1. The van der Waals surface area contributed by atoms with E-state index in [-0.39, 0.29) is 11.7 Å². The molecule has 2 heterocycles. The van der Waals surface area contributed by atoms with Crippen LogP contribution in [0, 0.1) is 11.6 Å². The molecule has 4 nitrogen and oxygen atoms in total. The molecule has 0 bridgehead atoms. The number of nitrogens with zero attached hydrogens (tertiary/aromatic N) is 3. The van der Waals surface area contributed by atoms with Crippen LogP contribution in [0.15, 0.2) is 67.4 Å². The van der Waals surface area contributed by atoms with Crippen molar-refractivity contribution in [2.75, 3.05) is 0 Å². The smallest absolute Gasteiger partial charge is 0.265 e. The van der Waals surface area contributed by atoms with E-state index >= 15 is 0 Å². The number of carbonyl (C=O) groups excluding carboxylic acids is 1. The lowest BCUT2D eigenvalue weighted by Gasteiger charge is -2.05. The molecule has 0 amide bonds. The summed E-state index contributed by atoms with van der Waals surface area (Å²) in [5, 5.41) is 0.529. The molecular formula is C19H13F2N3O. The summed E-state index contributed by atoms with van der Waals surface area (Å²) in [6.45, 7) is 0.444. The van der Waals surface area contributed by atoms with Crippen LogP contribution in [0.4, 0.5) is 8.78 Å². The number of hydrogen-bond donors (Lipinski definition) is 0. The Labute approximate surface area is 142 Å². The molecule has 0 saturated heterocycles. The highest BCUT2D eigenvalue weighted by Gasteiger charge is 2.17. The van der Waals surface area contributed by atoms with Crippen LogP contribution < -0.4 is 0 Å². The van der Waals surface area contributed by atoms with Crippen molar-refractivity contribution in [3.8, 4) is 0 Å². The number of fused-ring (bicyclic) bond motifs is 1. The van der Waals surface area contributed by atoms with E-state index in [2.05, 4.69) is 4.98 Å². The maximum Gasteiger partial charge on any atom is 0.265 e. The molecule has 0 radical (unpaired) electrons. The monoisotopic (exact) mass is 337 g/mol. The summed E-state index contributed by atoms with van der Waals surface area (Å²) in [4.78, 5) is 16.6. The molecule has 0 aliphatic heterocycles. The van der Waals surface area contributed by atoms with Crippen LogP contribution in [0.3, 0.4) is 0 Å². The Morgan fingerprint density at radius 1 is 1.04 bits per heavy atom. The molecule has 2 aromatic heterocycles. The first-order valence-corrected chi connectivity index (χ1v) is 7.67. The molecule has 0 unspecified atom stereocenters. The molecule has 2 aromatic carbocycles. The van der Waals surface area contributed by atoms with Gasteiger partial charge < -0.3 is 4.57 Å². The second-order valence-electron chi connectivity index (χ2n) is 5.73. The molecule has 0 fully saturated rings. The fourth-order valence-electron chi connectivity index (χ4n) is 2.88. The number of rotatable bonds is 3. The second-order valence-corrected chi connectivity index (χ2v) is 5.73. The van der Waals surface area contributed by atoms with E-state index in [1.54, 1.807) is 30.6 Å². The van der Waals surface area contributed by atoms with Gasteiger partial charge in [0.1, 0.15) is 18.0 Å². The minimum absolute atomic E-state index is 0.286. The minimum Gasteiger partial charge on any atom is -0.342 e. The summed E-state index contributed by atoms with van der Waals surface area (Å²) < 4.78 is 30.0. The zero-order valence-electron chi connectivity index (χ0n) is 13.1. The van der Waals surface area contributed by atoms with Gasteiger partial charge in [-0.3, -0.25) is 9.36 Å². The van der Waals surface area contributed by atoms with E-state index in [1.807, 2.05) is 4.57 Å². The van der Waals surface area contributed by atoms with Crippen LogP contribution in [-0.4, -0.2) is 20.0 Å². The largest absolute Gasteiger partial charge is 0.342 e. The van der Waals surface area contributed by atoms with Gasteiger partial charge in [0.15, 0.2) is 0 Å². The molecular weight excluding hydrogens is 324 g/mol. The number of aromatic nitrogens is 3. The molecule has 0 aliphatic rings. The standard InChI is InChI=1S/C19H13F2N3O/c20-14-3-1-13(2-4-14)10-24-11-17(19(25)23-8-7-22-12-23)16-9-15(21)5-6-18(16)24/h1-9,11-12H,10H2. The molecule has 6 heteroatoms. The van der Waals surface area contributed by atoms with Crippen molar-refractivity contribution in [2.24, 2.45) is 0 Å². The minimum atomic E-state index is -0.410. The molecule has 0 saturated carbocycles. The molecule has 4 rings (SSSR count). The van der Waals surface area contributed by atoms with Crippen LogP contribution in [0.25, 0.3) is 10.9 Å². The maximum atomic E-state index is 13.7. The van der Waals surface area contributed by atoms with Crippen molar-refractivity contribution in [1.29, 1.82) is 0 Å². The number of carbonyl (C=O) groups is 1. The van der Waals surface area contributed by atoms with Crippen LogP contribution in [0.5, 0.6) is 0 Å². The third kappa shape index (κ3) is 2.82. The highest BCUT2D eigenvalue weighted by Crippen LogP contribution is 2.24. The Balaban J connectivity index is 1.82. The quantitative estimate of drug-likeness (QED) is 0.570. The average Bonchev–Trinajstić information content (AvgIpc) is 3.25. The Hall–Kier alpha value is -3.28. The van der Waals surface area contributed by atoms with E-state index in [0.29, 0.717) is 17.5 Å². The SMILES string of the molecule is O=C(c1cn(Cc2ccc(F)cc2)c2ccc(F)cc12)n1ccnc1. The van der Waals surface area contributed by atoms with E-state index in [9.17, 15) is 13.6 Å². The molecule has 25 heavy (non-hydrogen) atoms. The highest BCUT2D eigenvalue weighted by molar-refractivity contribution is 6.07. The summed E-state index contributed by atoms with van der Waals surface area (Å²) in [5.41, 5.74) is 1.99. The zero-order chi connectivity index (χ0) is 17.4. The van der Waals surface area contributed by atoms with Crippen molar-refractivity contribution < 1.29 is 13.6 Å². The van der Waals surface area contributed by atoms with Gasteiger partial charge in [-0.15, -0.1) is 0 Å². The average molecular weight is 337 g/mol. The predicted molar refractivity (Wildman–Crippen MR) is 89.4 cm³/mol. The van der Waals surface area contributed by atoms with Crippen molar-refractivity contribution in [3.05, 3.63) is 90.1 Å². The topological polar surface area (TPSA) is 39.8 Å². The molecule has 0 atom stereocenters. The first-order valence-electron chi connectivity index (χ1n) is 7.67. The number of hydrogen-bond acceptors (Lipinski definition) is 2. The van der Waals surface area contributed by atoms with Gasteiger partial charge in [0.05, 0.1) is 5.56 Å². The van der Waals surface area contributed by atoms with Crippen molar-refractivity contribution >= 4 is 16.8 Å². The van der Waals surface area contributed by atoms with E-state index < -0.39 is 5.82 Å². The Bertz CT molecular complexity index is 1050. The third-order valence-electron chi connectivity index (χ3n) is 4.08. The Morgan fingerprint density at radius 2 is 1.80 bits per heavy atom. The number of imidazole rings is 1. The van der Waals surface area contributed by atoms with Gasteiger partial charge in [-0.05, 0) is 35.9 Å². The maximum absolute atomic E-state index is 13.7. The van der Waals surface area contributed by atoms with E-state index in [4.69, 9.17) is 0 Å². The van der Waals surface area contributed by atoms with Gasteiger partial charge in [-0.2, -0.15) is 0 Å². The van der Waals surface area contributed by atoms with Gasteiger partial charge in [0.2, 0.25) is 0 Å². The normalized spacial score (nSPS) is 11.1. The number of halogens is 2. The summed E-state index contributed by atoms with van der Waals surface area (Å²) in [6, 6.07) is 10.5. The van der Waals surface area contributed by atoms with Crippen LogP contribution in [0.2, 0.25) is 0 Å². The Kier molecular flexibility index (Phi) is 3.65. The summed E-state index contributed by atoms with van der Waals surface area (Å²) in [5.74, 6) is -1.00. The first kappa shape index (κ1) is 15.3. The highest BCUT2D eigenvalue weighted by atomic mass is 19.1. The molecule has 0 spiro atoms. The van der Waals surface area contributed by atoms with Crippen LogP contribution in [-0.2, 0) is 6.54 Å². The predicted octanol–water partition coefficient (Wildman–Crippen LogP) is 3.85. The fraction of sp³-hybridized carbons (Fsp3) is 0.0526. The van der Waals surface area contributed by atoms with E-state index in [0.717, 1.165) is 11.1 Å². The molecule has 0 aliphatic carbocycles. The molecule has 4 aromatic rings. The lowest BCUT2D eigenvalue weighted by Crippen LogP contribution is -2.09. The summed E-state index contributed by atoms with van der Waals surface area (Å²) >= 11 is 0. The summed E-state index contributed by atoms with van der Waals surface area (Å²) in [6.07, 6.45) is 6.15. The van der Waals surface area contributed by atoms with E-state index in [1.165, 1.54) is 41.4 Å². The van der Waals surface area contributed by atoms with Crippen molar-refractivity contribution in [2.45, 2.75) is 6.54 Å². The second kappa shape index (κ2) is 5.98. The van der Waals surface area contributed by atoms with Crippen LogP contribution >= 0.6 is 0 Å². The number of benzene rings is 2. The molecule has 124 valence electrons. The fourth-order valence-corrected chi connectivity index (χ4v) is 2.88. The summed E-state index contributed by atoms with van der Waals surface area (Å²) in [7, 11) is 0. The lowest BCUT2D eigenvalue weighted by molar-refractivity contribution is 0.0961.